The Bertz CT molecular complexity index is 309. The van der Waals surface area contributed by atoms with E-state index < -0.39 is 5.97 Å². The number of hydrogen-bond acceptors (Lipinski definition) is 3. The maximum absolute atomic E-state index is 12.4. The van der Waals surface area contributed by atoms with Crippen LogP contribution in [0.25, 0.3) is 0 Å². The first kappa shape index (κ1) is 15.8. The van der Waals surface area contributed by atoms with E-state index in [-0.39, 0.29) is 18.5 Å². The van der Waals surface area contributed by atoms with Crippen LogP contribution in [0.15, 0.2) is 0 Å². The van der Waals surface area contributed by atoms with Gasteiger partial charge in [0.2, 0.25) is 0 Å². The van der Waals surface area contributed by atoms with E-state index in [1.54, 1.807) is 9.80 Å². The number of aliphatic carboxylic acids is 1. The Morgan fingerprint density at radius 1 is 1.42 bits per heavy atom. The molecule has 2 amide bonds. The molecule has 0 aliphatic carbocycles. The van der Waals surface area contributed by atoms with Crippen LogP contribution in [0, 0.1) is 0 Å². The molecule has 1 N–H and O–H groups in total. The summed E-state index contributed by atoms with van der Waals surface area (Å²) >= 11 is 0. The quantitative estimate of drug-likeness (QED) is 0.711. The van der Waals surface area contributed by atoms with Crippen molar-refractivity contribution in [3.05, 3.63) is 0 Å². The van der Waals surface area contributed by atoms with E-state index in [2.05, 4.69) is 0 Å². The number of carboxylic acid groups (broad SMARTS) is 1. The average molecular weight is 272 g/mol. The molecule has 110 valence electrons. The van der Waals surface area contributed by atoms with Gasteiger partial charge in [0.25, 0.3) is 0 Å². The molecule has 1 fully saturated rings. The molecule has 1 unspecified atom stereocenters. The van der Waals surface area contributed by atoms with E-state index in [4.69, 9.17) is 9.84 Å². The lowest BCUT2D eigenvalue weighted by Gasteiger charge is -2.30. The fourth-order valence-corrected chi connectivity index (χ4v) is 2.39. The number of ether oxygens (including phenoxy) is 1. The van der Waals surface area contributed by atoms with Gasteiger partial charge in [0, 0.05) is 32.3 Å². The molecule has 1 heterocycles. The number of hydrogen-bond donors (Lipinski definition) is 1. The Balaban J connectivity index is 2.54. The van der Waals surface area contributed by atoms with E-state index in [0.29, 0.717) is 32.8 Å². The molecule has 0 aromatic carbocycles. The van der Waals surface area contributed by atoms with Crippen molar-refractivity contribution in [3.63, 3.8) is 0 Å². The minimum absolute atomic E-state index is 0.0365. The Kier molecular flexibility index (Phi) is 6.62. The van der Waals surface area contributed by atoms with Crippen molar-refractivity contribution in [3.8, 4) is 0 Å². The van der Waals surface area contributed by atoms with Crippen LogP contribution < -0.4 is 0 Å². The van der Waals surface area contributed by atoms with Crippen molar-refractivity contribution in [1.29, 1.82) is 0 Å². The fourth-order valence-electron chi connectivity index (χ4n) is 2.39. The van der Waals surface area contributed by atoms with E-state index in [0.717, 1.165) is 12.8 Å². The number of carbonyl (C=O) groups excluding carboxylic acids is 1. The van der Waals surface area contributed by atoms with Gasteiger partial charge in [-0.1, -0.05) is 0 Å². The smallest absolute Gasteiger partial charge is 0.320 e. The summed E-state index contributed by atoms with van der Waals surface area (Å²) in [7, 11) is 0. The molecule has 19 heavy (non-hydrogen) atoms. The summed E-state index contributed by atoms with van der Waals surface area (Å²) in [6, 6.07) is -0.225. The van der Waals surface area contributed by atoms with Gasteiger partial charge in [0.15, 0.2) is 0 Å². The van der Waals surface area contributed by atoms with Crippen LogP contribution in [-0.4, -0.2) is 65.8 Å². The molecule has 1 saturated heterocycles. The van der Waals surface area contributed by atoms with E-state index in [9.17, 15) is 9.59 Å². The lowest BCUT2D eigenvalue weighted by Crippen LogP contribution is -2.47. The molecule has 6 nitrogen and oxygen atoms in total. The minimum Gasteiger partial charge on any atom is -0.481 e. The van der Waals surface area contributed by atoms with Crippen LogP contribution in [0.3, 0.4) is 0 Å². The van der Waals surface area contributed by atoms with Gasteiger partial charge in [-0.3, -0.25) is 4.79 Å². The third kappa shape index (κ3) is 4.70. The molecule has 1 aliphatic heterocycles. The van der Waals surface area contributed by atoms with Crippen LogP contribution >= 0.6 is 0 Å². The van der Waals surface area contributed by atoms with Gasteiger partial charge >= 0.3 is 12.0 Å². The normalized spacial score (nSPS) is 18.6. The van der Waals surface area contributed by atoms with E-state index in [1.165, 1.54) is 0 Å². The highest BCUT2D eigenvalue weighted by molar-refractivity contribution is 5.76. The molecule has 0 radical (unpaired) electrons. The largest absolute Gasteiger partial charge is 0.481 e. The van der Waals surface area contributed by atoms with Crippen LogP contribution in [0.4, 0.5) is 4.79 Å². The topological polar surface area (TPSA) is 70.1 Å². The van der Waals surface area contributed by atoms with E-state index >= 15 is 0 Å². The minimum atomic E-state index is -0.845. The molecule has 0 saturated carbocycles. The highest BCUT2D eigenvalue weighted by Crippen LogP contribution is 2.21. The third-order valence-corrected chi connectivity index (χ3v) is 3.39. The van der Waals surface area contributed by atoms with Gasteiger partial charge in [0.05, 0.1) is 13.0 Å². The monoisotopic (exact) mass is 272 g/mol. The highest BCUT2D eigenvalue weighted by Gasteiger charge is 2.32. The van der Waals surface area contributed by atoms with Crippen LogP contribution in [0.5, 0.6) is 0 Å². The Labute approximate surface area is 114 Å². The zero-order chi connectivity index (χ0) is 14.3. The molecule has 1 rings (SSSR count). The molecule has 6 heteroatoms. The summed E-state index contributed by atoms with van der Waals surface area (Å²) < 4.78 is 5.26. The molecule has 0 aromatic rings. The number of urea groups is 1. The maximum Gasteiger partial charge on any atom is 0.320 e. The predicted octanol–water partition coefficient (Wildman–Crippen LogP) is 1.40. The van der Waals surface area contributed by atoms with Gasteiger partial charge < -0.3 is 19.6 Å². The highest BCUT2D eigenvalue weighted by atomic mass is 16.5. The summed E-state index contributed by atoms with van der Waals surface area (Å²) in [5.41, 5.74) is 0. The summed E-state index contributed by atoms with van der Waals surface area (Å²) in [6.45, 7) is 6.82. The van der Waals surface area contributed by atoms with Gasteiger partial charge in [-0.05, 0) is 26.7 Å². The lowest BCUT2D eigenvalue weighted by atomic mass is 10.1. The van der Waals surface area contributed by atoms with Crippen LogP contribution in [-0.2, 0) is 9.53 Å². The van der Waals surface area contributed by atoms with Crippen LogP contribution in [0.2, 0.25) is 0 Å². The molecule has 1 atom stereocenters. The third-order valence-electron chi connectivity index (χ3n) is 3.39. The number of amides is 2. The zero-order valence-corrected chi connectivity index (χ0v) is 11.8. The van der Waals surface area contributed by atoms with Crippen molar-refractivity contribution < 1.29 is 19.4 Å². The second-order valence-electron chi connectivity index (χ2n) is 4.65. The second-order valence-corrected chi connectivity index (χ2v) is 4.65. The number of rotatable bonds is 7. The first-order valence-corrected chi connectivity index (χ1v) is 6.95. The van der Waals surface area contributed by atoms with E-state index in [1.807, 2.05) is 13.8 Å². The molecule has 1 aliphatic rings. The number of carbonyl (C=O) groups is 2. The first-order valence-electron chi connectivity index (χ1n) is 6.95. The number of nitrogens with zero attached hydrogens (tertiary/aromatic N) is 2. The lowest BCUT2D eigenvalue weighted by molar-refractivity contribution is -0.138. The number of likely N-dealkylation sites (tertiary alicyclic amines) is 1. The van der Waals surface area contributed by atoms with Gasteiger partial charge in [-0.15, -0.1) is 0 Å². The standard InChI is InChI=1S/C13H24N2O4/c1-3-14(8-9-19-4-2)13(18)15-7-5-6-11(15)10-12(16)17/h11H,3-10H2,1-2H3,(H,16,17). The van der Waals surface area contributed by atoms with Crippen molar-refractivity contribution in [2.45, 2.75) is 39.2 Å². The summed E-state index contributed by atoms with van der Waals surface area (Å²) in [5, 5.41) is 8.87. The van der Waals surface area contributed by atoms with Crippen molar-refractivity contribution in [1.82, 2.24) is 9.80 Å². The van der Waals surface area contributed by atoms with Crippen molar-refractivity contribution in [2.24, 2.45) is 0 Å². The molecular weight excluding hydrogens is 248 g/mol. The number of likely N-dealkylation sites (N-methyl/N-ethyl adjacent to an activating group) is 1. The van der Waals surface area contributed by atoms with Gasteiger partial charge in [-0.25, -0.2) is 4.79 Å². The maximum atomic E-state index is 12.4. The Hall–Kier alpha value is -1.30. The molecule has 0 bridgehead atoms. The van der Waals surface area contributed by atoms with Crippen LogP contribution in [0.1, 0.15) is 33.1 Å². The second kappa shape index (κ2) is 7.99. The summed E-state index contributed by atoms with van der Waals surface area (Å²) in [4.78, 5) is 26.6. The summed E-state index contributed by atoms with van der Waals surface area (Å²) in [6.07, 6.45) is 1.70. The molecular formula is C13H24N2O4. The summed E-state index contributed by atoms with van der Waals surface area (Å²) in [5.74, 6) is -0.845. The van der Waals surface area contributed by atoms with Gasteiger partial charge in [-0.2, -0.15) is 0 Å². The van der Waals surface area contributed by atoms with Crippen molar-refractivity contribution in [2.75, 3.05) is 32.8 Å². The SMILES string of the molecule is CCOCCN(CC)C(=O)N1CCCC1CC(=O)O. The first-order chi connectivity index (χ1) is 9.10. The fraction of sp³-hybridized carbons (Fsp3) is 0.846. The molecule has 0 aromatic heterocycles. The Morgan fingerprint density at radius 3 is 2.74 bits per heavy atom. The average Bonchev–Trinajstić information content (AvgIpc) is 2.81. The Morgan fingerprint density at radius 2 is 2.16 bits per heavy atom. The number of carboxylic acids is 1. The zero-order valence-electron chi connectivity index (χ0n) is 11.8. The predicted molar refractivity (Wildman–Crippen MR) is 71.1 cm³/mol. The molecule has 0 spiro atoms. The van der Waals surface area contributed by atoms with Crippen molar-refractivity contribution >= 4 is 12.0 Å². The van der Waals surface area contributed by atoms with Gasteiger partial charge in [0.1, 0.15) is 0 Å².